The number of methoxy groups -OCH3 is 2. The number of rotatable bonds is 6. The molecule has 2 aliphatic rings. The van der Waals surface area contributed by atoms with Crippen LogP contribution in [0.5, 0.6) is 11.5 Å². The fourth-order valence-corrected chi connectivity index (χ4v) is 5.35. The Morgan fingerprint density at radius 3 is 2.36 bits per heavy atom. The molecular formula is C31H29ClN6O4. The van der Waals surface area contributed by atoms with Gasteiger partial charge < -0.3 is 29.9 Å². The molecule has 42 heavy (non-hydrogen) atoms. The Morgan fingerprint density at radius 2 is 1.67 bits per heavy atom. The van der Waals surface area contributed by atoms with E-state index in [-0.39, 0.29) is 18.2 Å². The van der Waals surface area contributed by atoms with Gasteiger partial charge >= 0.3 is 0 Å². The first kappa shape index (κ1) is 27.3. The highest BCUT2D eigenvalue weighted by Crippen LogP contribution is 2.35. The molecule has 3 aromatic carbocycles. The summed E-state index contributed by atoms with van der Waals surface area (Å²) in [7, 11) is 3.27. The number of hydrogen-bond donors (Lipinski definition) is 2. The molecule has 10 nitrogen and oxygen atoms in total. The SMILES string of the molecule is COc1cc(OC)cc(N2CCN(C(=O)c3ccc(Nc4ncc5c(n4)-c4ccc(Cl)cc4NC(=O)C5)cc3)CC2)c1. The lowest BCUT2D eigenvalue weighted by molar-refractivity contribution is -0.115. The number of benzene rings is 3. The van der Waals surface area contributed by atoms with Crippen LogP contribution in [0.4, 0.5) is 23.0 Å². The normalized spacial score (nSPS) is 14.3. The molecule has 2 N–H and O–H groups in total. The Kier molecular flexibility index (Phi) is 7.54. The molecule has 1 fully saturated rings. The zero-order valence-corrected chi connectivity index (χ0v) is 23.9. The molecule has 0 unspecified atom stereocenters. The quantitative estimate of drug-likeness (QED) is 0.325. The molecule has 6 rings (SSSR count). The van der Waals surface area contributed by atoms with E-state index in [2.05, 4.69) is 20.5 Å². The zero-order chi connectivity index (χ0) is 29.2. The number of carbonyl (C=O) groups excluding carboxylic acids is 2. The summed E-state index contributed by atoms with van der Waals surface area (Å²) in [4.78, 5) is 38.8. The number of nitrogens with one attached hydrogen (secondary N) is 2. The van der Waals surface area contributed by atoms with Gasteiger partial charge in [-0.15, -0.1) is 0 Å². The van der Waals surface area contributed by atoms with Crippen molar-refractivity contribution in [3.05, 3.63) is 83.0 Å². The highest BCUT2D eigenvalue weighted by molar-refractivity contribution is 6.31. The maximum absolute atomic E-state index is 13.3. The van der Waals surface area contributed by atoms with Gasteiger partial charge in [-0.3, -0.25) is 9.59 Å². The lowest BCUT2D eigenvalue weighted by Crippen LogP contribution is -2.48. The molecule has 214 valence electrons. The predicted molar refractivity (Wildman–Crippen MR) is 162 cm³/mol. The summed E-state index contributed by atoms with van der Waals surface area (Å²) in [5.74, 6) is 1.68. The average molecular weight is 585 g/mol. The van der Waals surface area contributed by atoms with Crippen LogP contribution in [0.1, 0.15) is 15.9 Å². The van der Waals surface area contributed by atoms with Crippen molar-refractivity contribution in [2.45, 2.75) is 6.42 Å². The molecule has 0 atom stereocenters. The molecule has 4 aromatic rings. The van der Waals surface area contributed by atoms with Crippen LogP contribution in [0.25, 0.3) is 11.3 Å². The number of hydrogen-bond acceptors (Lipinski definition) is 8. The largest absolute Gasteiger partial charge is 0.497 e. The molecule has 3 heterocycles. The maximum Gasteiger partial charge on any atom is 0.253 e. The standard InChI is InChI=1S/C31H29ClN6O4/c1-41-24-15-23(16-25(17-24)42-2)37-9-11-38(12-10-37)30(40)19-3-6-22(7-4-19)34-31-33-18-20-13-28(39)35-27-14-21(32)5-8-26(27)29(20)36-31/h3-8,14-18H,9-13H2,1-2H3,(H,35,39)(H,33,34,36). The summed E-state index contributed by atoms with van der Waals surface area (Å²) in [5.41, 5.74) is 5.13. The van der Waals surface area contributed by atoms with Crippen LogP contribution in [-0.4, -0.2) is 67.1 Å². The van der Waals surface area contributed by atoms with E-state index in [1.54, 1.807) is 44.7 Å². The summed E-state index contributed by atoms with van der Waals surface area (Å²) in [5, 5.41) is 6.62. The Balaban J connectivity index is 1.12. The minimum atomic E-state index is -0.149. The number of carbonyl (C=O) groups is 2. The predicted octanol–water partition coefficient (Wildman–Crippen LogP) is 5.01. The molecule has 2 aliphatic heterocycles. The Labute approximate surface area is 248 Å². The Bertz CT molecular complexity index is 1630. The van der Waals surface area contributed by atoms with Crippen LogP contribution in [0.2, 0.25) is 5.02 Å². The van der Waals surface area contributed by atoms with Gasteiger partial charge in [0.1, 0.15) is 11.5 Å². The van der Waals surface area contributed by atoms with Crippen LogP contribution in [-0.2, 0) is 11.2 Å². The fourth-order valence-electron chi connectivity index (χ4n) is 5.17. The van der Waals surface area contributed by atoms with Gasteiger partial charge in [0.15, 0.2) is 0 Å². The first-order chi connectivity index (χ1) is 20.4. The second kappa shape index (κ2) is 11.6. The molecule has 1 saturated heterocycles. The molecule has 0 radical (unpaired) electrons. The number of fused-ring (bicyclic) bond motifs is 3. The number of halogens is 1. The second-order valence-corrected chi connectivity index (χ2v) is 10.5. The maximum atomic E-state index is 13.3. The van der Waals surface area contributed by atoms with Gasteiger partial charge in [0.25, 0.3) is 5.91 Å². The summed E-state index contributed by atoms with van der Waals surface area (Å²) < 4.78 is 10.8. The van der Waals surface area contributed by atoms with E-state index >= 15 is 0 Å². The third-order valence-corrected chi connectivity index (χ3v) is 7.62. The van der Waals surface area contributed by atoms with Gasteiger partial charge in [0, 0.05) is 83.7 Å². The molecule has 11 heteroatoms. The number of anilines is 4. The van der Waals surface area contributed by atoms with Crippen LogP contribution in [0.15, 0.2) is 66.9 Å². The lowest BCUT2D eigenvalue weighted by Gasteiger charge is -2.36. The minimum Gasteiger partial charge on any atom is -0.497 e. The molecule has 0 bridgehead atoms. The summed E-state index contributed by atoms with van der Waals surface area (Å²) >= 11 is 6.15. The molecule has 1 aromatic heterocycles. The van der Waals surface area contributed by atoms with Crippen LogP contribution >= 0.6 is 11.6 Å². The van der Waals surface area contributed by atoms with Crippen LogP contribution in [0, 0.1) is 0 Å². The van der Waals surface area contributed by atoms with Gasteiger partial charge in [-0.25, -0.2) is 9.97 Å². The molecule has 0 aliphatic carbocycles. The summed E-state index contributed by atoms with van der Waals surface area (Å²) in [6, 6.07) is 18.4. The number of aromatic nitrogens is 2. The van der Waals surface area contributed by atoms with E-state index in [0.717, 1.165) is 34.0 Å². The van der Waals surface area contributed by atoms with Crippen molar-refractivity contribution in [1.82, 2.24) is 14.9 Å². The molecular weight excluding hydrogens is 556 g/mol. The van der Waals surface area contributed by atoms with E-state index in [4.69, 9.17) is 26.1 Å². The average Bonchev–Trinajstić information content (AvgIpc) is 3.15. The highest BCUT2D eigenvalue weighted by Gasteiger charge is 2.24. The van der Waals surface area contributed by atoms with Crippen LogP contribution in [0.3, 0.4) is 0 Å². The van der Waals surface area contributed by atoms with Crippen molar-refractivity contribution in [3.8, 4) is 22.8 Å². The number of nitrogens with zero attached hydrogens (tertiary/aromatic N) is 4. The summed E-state index contributed by atoms with van der Waals surface area (Å²) in [6.07, 6.45) is 1.83. The minimum absolute atomic E-state index is 0.0156. The Morgan fingerprint density at radius 1 is 0.952 bits per heavy atom. The van der Waals surface area contributed by atoms with Crippen molar-refractivity contribution >= 4 is 46.4 Å². The van der Waals surface area contributed by atoms with Crippen LogP contribution < -0.4 is 25.0 Å². The lowest BCUT2D eigenvalue weighted by atomic mass is 10.1. The fraction of sp³-hybridized carbons (Fsp3) is 0.226. The van der Waals surface area contributed by atoms with Crippen molar-refractivity contribution in [1.29, 1.82) is 0 Å². The third-order valence-electron chi connectivity index (χ3n) is 7.38. The topological polar surface area (TPSA) is 109 Å². The van der Waals surface area contributed by atoms with Crippen molar-refractivity contribution in [3.63, 3.8) is 0 Å². The molecule has 0 saturated carbocycles. The Hall–Kier alpha value is -4.83. The smallest absolute Gasteiger partial charge is 0.253 e. The van der Waals surface area contributed by atoms with E-state index < -0.39 is 0 Å². The second-order valence-electron chi connectivity index (χ2n) is 10.0. The first-order valence-electron chi connectivity index (χ1n) is 13.5. The number of amides is 2. The number of ether oxygens (including phenoxy) is 2. The van der Waals surface area contributed by atoms with Gasteiger partial charge in [-0.1, -0.05) is 11.6 Å². The van der Waals surface area contributed by atoms with E-state index in [1.807, 2.05) is 41.3 Å². The number of piperazine rings is 1. The van der Waals surface area contributed by atoms with E-state index in [1.165, 1.54) is 0 Å². The van der Waals surface area contributed by atoms with Crippen molar-refractivity contribution in [2.75, 3.05) is 55.9 Å². The van der Waals surface area contributed by atoms with Gasteiger partial charge in [-0.05, 0) is 42.5 Å². The molecule has 0 spiro atoms. The van der Waals surface area contributed by atoms with Crippen molar-refractivity contribution in [2.24, 2.45) is 0 Å². The first-order valence-corrected chi connectivity index (χ1v) is 13.9. The van der Waals surface area contributed by atoms with Gasteiger partial charge in [-0.2, -0.15) is 0 Å². The summed E-state index contributed by atoms with van der Waals surface area (Å²) in [6.45, 7) is 2.61. The third kappa shape index (κ3) is 5.66. The van der Waals surface area contributed by atoms with E-state index in [9.17, 15) is 9.59 Å². The molecule has 2 amide bonds. The van der Waals surface area contributed by atoms with Gasteiger partial charge in [0.2, 0.25) is 11.9 Å². The zero-order valence-electron chi connectivity index (χ0n) is 23.2. The highest BCUT2D eigenvalue weighted by atomic mass is 35.5. The van der Waals surface area contributed by atoms with Crippen molar-refractivity contribution < 1.29 is 19.1 Å². The monoisotopic (exact) mass is 584 g/mol. The van der Waals surface area contributed by atoms with Gasteiger partial charge in [0.05, 0.1) is 32.0 Å². The van der Waals surface area contributed by atoms with E-state index in [0.29, 0.717) is 54.1 Å².